The molecule has 4 atom stereocenters. The molecule has 4 unspecified atom stereocenters. The molecule has 0 aliphatic heterocycles. The van der Waals surface area contributed by atoms with Gasteiger partial charge in [0.25, 0.3) is 0 Å². The molecule has 4 nitrogen and oxygen atoms in total. The molecular formula is C18H34N2O2. The molecule has 2 amide bonds. The minimum atomic E-state index is 0.00162. The summed E-state index contributed by atoms with van der Waals surface area (Å²) in [5.41, 5.74) is 6.07. The van der Waals surface area contributed by atoms with Crippen LogP contribution in [0.5, 0.6) is 0 Å². The lowest BCUT2D eigenvalue weighted by molar-refractivity contribution is -0.149. The van der Waals surface area contributed by atoms with Gasteiger partial charge in [0.05, 0.1) is 0 Å². The van der Waals surface area contributed by atoms with E-state index in [4.69, 9.17) is 5.73 Å². The van der Waals surface area contributed by atoms with E-state index in [2.05, 4.69) is 27.7 Å². The monoisotopic (exact) mass is 310 g/mol. The van der Waals surface area contributed by atoms with Crippen LogP contribution in [0.2, 0.25) is 0 Å². The first-order valence-corrected chi connectivity index (χ1v) is 8.99. The Morgan fingerprint density at radius 3 is 1.95 bits per heavy atom. The molecule has 0 heterocycles. The second kappa shape index (κ2) is 9.29. The molecule has 128 valence electrons. The summed E-state index contributed by atoms with van der Waals surface area (Å²) < 4.78 is 0. The Bertz CT molecular complexity index is 346. The van der Waals surface area contributed by atoms with Gasteiger partial charge in [-0.2, -0.15) is 0 Å². The minimum absolute atomic E-state index is 0.00162. The zero-order valence-corrected chi connectivity index (χ0v) is 14.8. The normalized spacial score (nSPS) is 24.6. The van der Waals surface area contributed by atoms with E-state index in [9.17, 15) is 9.59 Å². The zero-order valence-electron chi connectivity index (χ0n) is 14.8. The van der Waals surface area contributed by atoms with Crippen LogP contribution in [0.3, 0.4) is 0 Å². The summed E-state index contributed by atoms with van der Waals surface area (Å²) >= 11 is 0. The predicted octanol–water partition coefficient (Wildman–Crippen LogP) is 3.48. The number of imide groups is 1. The Morgan fingerprint density at radius 1 is 1.05 bits per heavy atom. The lowest BCUT2D eigenvalue weighted by atomic mass is 9.89. The quantitative estimate of drug-likeness (QED) is 0.783. The molecule has 0 radical (unpaired) electrons. The summed E-state index contributed by atoms with van der Waals surface area (Å²) in [6.07, 6.45) is 6.54. The molecule has 22 heavy (non-hydrogen) atoms. The smallest absolute Gasteiger partial charge is 0.229 e. The Balaban J connectivity index is 2.83. The standard InChI is InChI=1S/C18H34N2O2/c1-5-13(3)10-17(21)20(18(22)11-14(4)6-2)16-9-7-8-15(19)12-16/h13-16H,5-12,19H2,1-4H3. The lowest BCUT2D eigenvalue weighted by Gasteiger charge is -2.36. The van der Waals surface area contributed by atoms with Gasteiger partial charge >= 0.3 is 0 Å². The maximum absolute atomic E-state index is 12.7. The van der Waals surface area contributed by atoms with E-state index in [-0.39, 0.29) is 23.9 Å². The summed E-state index contributed by atoms with van der Waals surface area (Å²) in [6.45, 7) is 8.31. The Labute approximate surface area is 135 Å². The van der Waals surface area contributed by atoms with Crippen LogP contribution in [0.1, 0.15) is 79.1 Å². The molecule has 0 saturated heterocycles. The van der Waals surface area contributed by atoms with Crippen LogP contribution in [-0.2, 0) is 9.59 Å². The molecule has 0 aromatic carbocycles. The minimum Gasteiger partial charge on any atom is -0.328 e. The number of nitrogens with zero attached hydrogens (tertiary/aromatic N) is 1. The van der Waals surface area contributed by atoms with Gasteiger partial charge in [-0.05, 0) is 37.5 Å². The number of carbonyl (C=O) groups is 2. The number of amides is 2. The first-order valence-electron chi connectivity index (χ1n) is 8.99. The van der Waals surface area contributed by atoms with Crippen LogP contribution in [-0.4, -0.2) is 28.8 Å². The number of hydrogen-bond acceptors (Lipinski definition) is 3. The third-order valence-electron chi connectivity index (χ3n) is 5.03. The van der Waals surface area contributed by atoms with Gasteiger partial charge < -0.3 is 5.73 Å². The van der Waals surface area contributed by atoms with Crippen LogP contribution in [0, 0.1) is 11.8 Å². The van der Waals surface area contributed by atoms with Gasteiger partial charge in [-0.3, -0.25) is 14.5 Å². The maximum atomic E-state index is 12.7. The molecule has 1 fully saturated rings. The van der Waals surface area contributed by atoms with E-state index in [0.717, 1.165) is 38.5 Å². The van der Waals surface area contributed by atoms with Crippen molar-refractivity contribution >= 4 is 11.8 Å². The highest BCUT2D eigenvalue weighted by molar-refractivity contribution is 5.95. The highest BCUT2D eigenvalue weighted by Crippen LogP contribution is 2.25. The summed E-state index contributed by atoms with van der Waals surface area (Å²) in [6, 6.07) is 0.130. The molecule has 0 spiro atoms. The average molecular weight is 310 g/mol. The first-order chi connectivity index (χ1) is 10.4. The van der Waals surface area contributed by atoms with Crippen molar-refractivity contribution in [2.45, 2.75) is 91.1 Å². The highest BCUT2D eigenvalue weighted by atomic mass is 16.2. The number of nitrogens with two attached hydrogens (primary N) is 1. The second-order valence-corrected chi connectivity index (χ2v) is 7.17. The van der Waals surface area contributed by atoms with E-state index >= 15 is 0 Å². The fourth-order valence-corrected chi connectivity index (χ4v) is 3.06. The number of rotatable bonds is 7. The number of hydrogen-bond donors (Lipinski definition) is 1. The van der Waals surface area contributed by atoms with Crippen molar-refractivity contribution in [2.24, 2.45) is 17.6 Å². The first kappa shape index (κ1) is 19.1. The summed E-state index contributed by atoms with van der Waals surface area (Å²) in [5, 5.41) is 0. The van der Waals surface area contributed by atoms with Crippen molar-refractivity contribution < 1.29 is 9.59 Å². The van der Waals surface area contributed by atoms with Gasteiger partial charge in [-0.15, -0.1) is 0 Å². The summed E-state index contributed by atoms with van der Waals surface area (Å²) in [7, 11) is 0. The molecule has 1 aliphatic rings. The van der Waals surface area contributed by atoms with Gasteiger partial charge in [0.2, 0.25) is 11.8 Å². The summed E-state index contributed by atoms with van der Waals surface area (Å²) in [4.78, 5) is 27.0. The maximum Gasteiger partial charge on any atom is 0.229 e. The second-order valence-electron chi connectivity index (χ2n) is 7.17. The van der Waals surface area contributed by atoms with Gasteiger partial charge in [0.15, 0.2) is 0 Å². The molecule has 0 bridgehead atoms. The lowest BCUT2D eigenvalue weighted by Crippen LogP contribution is -2.49. The average Bonchev–Trinajstić information content (AvgIpc) is 2.47. The van der Waals surface area contributed by atoms with Gasteiger partial charge in [-0.25, -0.2) is 0 Å². The van der Waals surface area contributed by atoms with E-state index < -0.39 is 0 Å². The van der Waals surface area contributed by atoms with E-state index in [1.165, 1.54) is 0 Å². The fourth-order valence-electron chi connectivity index (χ4n) is 3.06. The zero-order chi connectivity index (χ0) is 16.7. The van der Waals surface area contributed by atoms with E-state index in [0.29, 0.717) is 24.7 Å². The Hall–Kier alpha value is -0.900. The van der Waals surface area contributed by atoms with Crippen molar-refractivity contribution in [1.82, 2.24) is 4.90 Å². The molecule has 1 saturated carbocycles. The van der Waals surface area contributed by atoms with Crippen LogP contribution in [0.15, 0.2) is 0 Å². The van der Waals surface area contributed by atoms with Gasteiger partial charge in [0.1, 0.15) is 0 Å². The molecule has 0 aromatic heterocycles. The van der Waals surface area contributed by atoms with Crippen LogP contribution in [0.4, 0.5) is 0 Å². The highest BCUT2D eigenvalue weighted by Gasteiger charge is 2.33. The number of carbonyl (C=O) groups excluding carboxylic acids is 2. The topological polar surface area (TPSA) is 63.4 Å². The van der Waals surface area contributed by atoms with Crippen molar-refractivity contribution in [3.05, 3.63) is 0 Å². The van der Waals surface area contributed by atoms with Gasteiger partial charge in [-0.1, -0.05) is 40.5 Å². The summed E-state index contributed by atoms with van der Waals surface area (Å²) in [5.74, 6) is 0.649. The molecule has 0 aromatic rings. The SMILES string of the molecule is CCC(C)CC(=O)N(C(=O)CC(C)CC)C1CCCC(N)C1. The predicted molar refractivity (Wildman–Crippen MR) is 90.2 cm³/mol. The van der Waals surface area contributed by atoms with Crippen molar-refractivity contribution in [1.29, 1.82) is 0 Å². The van der Waals surface area contributed by atoms with E-state index in [1.54, 1.807) is 4.90 Å². The van der Waals surface area contributed by atoms with E-state index in [1.807, 2.05) is 0 Å². The van der Waals surface area contributed by atoms with Crippen molar-refractivity contribution in [2.75, 3.05) is 0 Å². The third kappa shape index (κ3) is 5.71. The Kier molecular flexibility index (Phi) is 8.08. The van der Waals surface area contributed by atoms with Crippen LogP contribution in [0.25, 0.3) is 0 Å². The molecule has 4 heteroatoms. The third-order valence-corrected chi connectivity index (χ3v) is 5.03. The van der Waals surface area contributed by atoms with Crippen LogP contribution < -0.4 is 5.73 Å². The largest absolute Gasteiger partial charge is 0.328 e. The van der Waals surface area contributed by atoms with Gasteiger partial charge in [0, 0.05) is 24.9 Å². The Morgan fingerprint density at radius 2 is 1.55 bits per heavy atom. The molecule has 2 N–H and O–H groups in total. The molecule has 1 rings (SSSR count). The molecule has 1 aliphatic carbocycles. The van der Waals surface area contributed by atoms with Crippen LogP contribution >= 0.6 is 0 Å². The van der Waals surface area contributed by atoms with Crippen molar-refractivity contribution in [3.63, 3.8) is 0 Å². The van der Waals surface area contributed by atoms with Crippen molar-refractivity contribution in [3.8, 4) is 0 Å². The molecular weight excluding hydrogens is 276 g/mol. The fraction of sp³-hybridized carbons (Fsp3) is 0.889.